The minimum atomic E-state index is -0.342. The number of methoxy groups -OCH3 is 1. The van der Waals surface area contributed by atoms with Crippen molar-refractivity contribution in [1.29, 1.82) is 0 Å². The summed E-state index contributed by atoms with van der Waals surface area (Å²) in [6, 6.07) is 10.8. The van der Waals surface area contributed by atoms with Crippen LogP contribution in [0.1, 0.15) is 21.5 Å². The smallest absolute Gasteiger partial charge is 0.337 e. The van der Waals surface area contributed by atoms with Gasteiger partial charge in [0.25, 0.3) is 0 Å². The van der Waals surface area contributed by atoms with Crippen LogP contribution in [-0.4, -0.2) is 13.1 Å². The molecule has 2 rings (SSSR count). The van der Waals surface area contributed by atoms with Crippen molar-refractivity contribution in [3.8, 4) is 0 Å². The molecular formula is C16H15Cl2NO2. The number of esters is 1. The third-order valence-corrected chi connectivity index (χ3v) is 3.72. The SMILES string of the molecule is COC(=O)c1ccc(NCc2ccc(Cl)cc2Cl)c(C)c1. The Morgan fingerprint density at radius 1 is 1.19 bits per heavy atom. The lowest BCUT2D eigenvalue weighted by atomic mass is 10.1. The first-order valence-corrected chi connectivity index (χ1v) is 7.13. The molecule has 0 fully saturated rings. The molecule has 2 aromatic carbocycles. The van der Waals surface area contributed by atoms with Crippen LogP contribution in [0.4, 0.5) is 5.69 Å². The monoisotopic (exact) mass is 323 g/mol. The van der Waals surface area contributed by atoms with E-state index in [2.05, 4.69) is 5.32 Å². The Hall–Kier alpha value is -1.71. The Bertz CT molecular complexity index is 671. The van der Waals surface area contributed by atoms with Crippen molar-refractivity contribution in [3.63, 3.8) is 0 Å². The van der Waals surface area contributed by atoms with Crippen LogP contribution in [0.5, 0.6) is 0 Å². The van der Waals surface area contributed by atoms with Gasteiger partial charge in [-0.2, -0.15) is 0 Å². The van der Waals surface area contributed by atoms with Crippen LogP contribution in [0.25, 0.3) is 0 Å². The Morgan fingerprint density at radius 2 is 1.95 bits per heavy atom. The number of benzene rings is 2. The van der Waals surface area contributed by atoms with Crippen molar-refractivity contribution in [2.75, 3.05) is 12.4 Å². The molecule has 110 valence electrons. The Labute approximate surface area is 133 Å². The molecule has 0 aliphatic rings. The van der Waals surface area contributed by atoms with Gasteiger partial charge in [-0.3, -0.25) is 0 Å². The lowest BCUT2D eigenvalue weighted by molar-refractivity contribution is 0.0600. The average molecular weight is 324 g/mol. The third kappa shape index (κ3) is 3.90. The molecule has 0 spiro atoms. The van der Waals surface area contributed by atoms with E-state index in [1.165, 1.54) is 7.11 Å². The van der Waals surface area contributed by atoms with Gasteiger partial charge in [0.05, 0.1) is 12.7 Å². The lowest BCUT2D eigenvalue weighted by Crippen LogP contribution is -2.05. The zero-order chi connectivity index (χ0) is 15.4. The average Bonchev–Trinajstić information content (AvgIpc) is 2.46. The van der Waals surface area contributed by atoms with Gasteiger partial charge in [0, 0.05) is 22.3 Å². The van der Waals surface area contributed by atoms with Crippen molar-refractivity contribution < 1.29 is 9.53 Å². The molecule has 0 aliphatic carbocycles. The summed E-state index contributed by atoms with van der Waals surface area (Å²) in [5.74, 6) is -0.342. The van der Waals surface area contributed by atoms with E-state index in [4.69, 9.17) is 27.9 Å². The number of carbonyl (C=O) groups is 1. The fourth-order valence-corrected chi connectivity index (χ4v) is 2.44. The number of ether oxygens (including phenoxy) is 1. The molecule has 0 heterocycles. The van der Waals surface area contributed by atoms with Gasteiger partial charge in [-0.05, 0) is 48.4 Å². The van der Waals surface area contributed by atoms with E-state index < -0.39 is 0 Å². The number of nitrogens with one attached hydrogen (secondary N) is 1. The van der Waals surface area contributed by atoms with Crippen LogP contribution in [-0.2, 0) is 11.3 Å². The van der Waals surface area contributed by atoms with Gasteiger partial charge < -0.3 is 10.1 Å². The Kier molecular flexibility index (Phi) is 5.10. The van der Waals surface area contributed by atoms with Crippen LogP contribution >= 0.6 is 23.2 Å². The molecule has 0 radical (unpaired) electrons. The highest BCUT2D eigenvalue weighted by Crippen LogP contribution is 2.23. The van der Waals surface area contributed by atoms with Gasteiger partial charge >= 0.3 is 5.97 Å². The molecule has 0 aliphatic heterocycles. The number of aryl methyl sites for hydroxylation is 1. The van der Waals surface area contributed by atoms with Crippen molar-refractivity contribution in [3.05, 3.63) is 63.1 Å². The summed E-state index contributed by atoms with van der Waals surface area (Å²) in [6.45, 7) is 2.51. The van der Waals surface area contributed by atoms with Gasteiger partial charge in [-0.1, -0.05) is 29.3 Å². The van der Waals surface area contributed by atoms with E-state index in [0.717, 1.165) is 16.8 Å². The summed E-state index contributed by atoms with van der Waals surface area (Å²) in [5.41, 5.74) is 3.39. The van der Waals surface area contributed by atoms with Crippen molar-refractivity contribution >= 4 is 34.9 Å². The minimum Gasteiger partial charge on any atom is -0.465 e. The second-order valence-electron chi connectivity index (χ2n) is 4.61. The highest BCUT2D eigenvalue weighted by Gasteiger charge is 2.08. The van der Waals surface area contributed by atoms with E-state index in [-0.39, 0.29) is 5.97 Å². The summed E-state index contributed by atoms with van der Waals surface area (Å²) >= 11 is 12.0. The number of carbonyl (C=O) groups excluding carboxylic acids is 1. The maximum atomic E-state index is 11.5. The van der Waals surface area contributed by atoms with Crippen LogP contribution in [0.3, 0.4) is 0 Å². The molecule has 21 heavy (non-hydrogen) atoms. The van der Waals surface area contributed by atoms with Gasteiger partial charge in [-0.15, -0.1) is 0 Å². The standard InChI is InChI=1S/C16H15Cl2NO2/c1-10-7-11(16(20)21-2)4-6-15(10)19-9-12-3-5-13(17)8-14(12)18/h3-8,19H,9H2,1-2H3. The van der Waals surface area contributed by atoms with E-state index in [1.54, 1.807) is 24.3 Å². The number of hydrogen-bond acceptors (Lipinski definition) is 3. The largest absolute Gasteiger partial charge is 0.465 e. The zero-order valence-corrected chi connectivity index (χ0v) is 13.3. The predicted octanol–water partition coefficient (Wildman–Crippen LogP) is 4.70. The van der Waals surface area contributed by atoms with E-state index in [0.29, 0.717) is 22.2 Å². The molecule has 1 N–H and O–H groups in total. The van der Waals surface area contributed by atoms with E-state index >= 15 is 0 Å². The second kappa shape index (κ2) is 6.83. The third-order valence-electron chi connectivity index (χ3n) is 3.13. The molecule has 0 aromatic heterocycles. The quantitative estimate of drug-likeness (QED) is 0.829. The van der Waals surface area contributed by atoms with Gasteiger partial charge in [0.1, 0.15) is 0 Å². The number of halogens is 2. The summed E-state index contributed by atoms with van der Waals surface area (Å²) in [6.07, 6.45) is 0. The number of rotatable bonds is 4. The molecule has 0 saturated carbocycles. The van der Waals surface area contributed by atoms with Crippen LogP contribution in [0.2, 0.25) is 10.0 Å². The number of anilines is 1. The van der Waals surface area contributed by atoms with Gasteiger partial charge in [0.15, 0.2) is 0 Å². The summed E-state index contributed by atoms with van der Waals surface area (Å²) in [7, 11) is 1.37. The zero-order valence-electron chi connectivity index (χ0n) is 11.7. The van der Waals surface area contributed by atoms with Gasteiger partial charge in [-0.25, -0.2) is 4.79 Å². The fraction of sp³-hybridized carbons (Fsp3) is 0.188. The van der Waals surface area contributed by atoms with Crippen LogP contribution in [0, 0.1) is 6.92 Å². The second-order valence-corrected chi connectivity index (χ2v) is 5.45. The van der Waals surface area contributed by atoms with Crippen molar-refractivity contribution in [2.24, 2.45) is 0 Å². The number of hydrogen-bond donors (Lipinski definition) is 1. The van der Waals surface area contributed by atoms with E-state index in [1.807, 2.05) is 19.1 Å². The van der Waals surface area contributed by atoms with Crippen molar-refractivity contribution in [2.45, 2.75) is 13.5 Å². The molecule has 0 unspecified atom stereocenters. The fourth-order valence-electron chi connectivity index (χ4n) is 1.96. The molecule has 0 saturated heterocycles. The molecule has 3 nitrogen and oxygen atoms in total. The summed E-state index contributed by atoms with van der Waals surface area (Å²) in [4.78, 5) is 11.5. The summed E-state index contributed by atoms with van der Waals surface area (Å²) < 4.78 is 4.70. The predicted molar refractivity (Wildman–Crippen MR) is 86.3 cm³/mol. The Morgan fingerprint density at radius 3 is 2.57 bits per heavy atom. The molecule has 2 aromatic rings. The van der Waals surface area contributed by atoms with Crippen molar-refractivity contribution in [1.82, 2.24) is 0 Å². The lowest BCUT2D eigenvalue weighted by Gasteiger charge is -2.12. The first kappa shape index (κ1) is 15.7. The molecule has 5 heteroatoms. The maximum absolute atomic E-state index is 11.5. The summed E-state index contributed by atoms with van der Waals surface area (Å²) in [5, 5.41) is 4.53. The first-order valence-electron chi connectivity index (χ1n) is 6.38. The normalized spacial score (nSPS) is 10.3. The van der Waals surface area contributed by atoms with Gasteiger partial charge in [0.2, 0.25) is 0 Å². The Balaban J connectivity index is 2.11. The minimum absolute atomic E-state index is 0.342. The molecular weight excluding hydrogens is 309 g/mol. The molecule has 0 atom stereocenters. The first-order chi connectivity index (χ1) is 10.0. The highest BCUT2D eigenvalue weighted by molar-refractivity contribution is 6.35. The topological polar surface area (TPSA) is 38.3 Å². The molecule has 0 bridgehead atoms. The highest BCUT2D eigenvalue weighted by atomic mass is 35.5. The van der Waals surface area contributed by atoms with E-state index in [9.17, 15) is 4.79 Å². The molecule has 0 amide bonds. The maximum Gasteiger partial charge on any atom is 0.337 e. The van der Waals surface area contributed by atoms with Crippen LogP contribution in [0.15, 0.2) is 36.4 Å². The van der Waals surface area contributed by atoms with Crippen LogP contribution < -0.4 is 5.32 Å².